The van der Waals surface area contributed by atoms with Crippen LogP contribution in [-0.4, -0.2) is 52.6 Å². The molecule has 1 fully saturated rings. The zero-order valence-electron chi connectivity index (χ0n) is 17.3. The average Bonchev–Trinajstić information content (AvgIpc) is 2.78. The highest BCUT2D eigenvalue weighted by Crippen LogP contribution is 2.29. The number of anilines is 1. The summed E-state index contributed by atoms with van der Waals surface area (Å²) in [7, 11) is 3.09. The van der Waals surface area contributed by atoms with Crippen LogP contribution in [0.15, 0.2) is 30.6 Å². The molecule has 8 heteroatoms. The molecule has 156 valence electrons. The van der Waals surface area contributed by atoms with Crippen molar-refractivity contribution in [2.45, 2.75) is 45.2 Å². The van der Waals surface area contributed by atoms with Gasteiger partial charge in [-0.3, -0.25) is 9.78 Å². The molecule has 2 aromatic heterocycles. The topological polar surface area (TPSA) is 89.5 Å². The molecule has 1 amide bonds. The number of hydrogen-bond acceptors (Lipinski definition) is 7. The second kappa shape index (κ2) is 10.0. The molecule has 8 nitrogen and oxygen atoms in total. The van der Waals surface area contributed by atoms with Crippen molar-refractivity contribution in [2.24, 2.45) is 5.92 Å². The van der Waals surface area contributed by atoms with Crippen LogP contribution in [0.4, 0.5) is 5.82 Å². The van der Waals surface area contributed by atoms with Crippen LogP contribution in [0.3, 0.4) is 0 Å². The molecule has 1 saturated carbocycles. The van der Waals surface area contributed by atoms with Gasteiger partial charge in [0.15, 0.2) is 0 Å². The lowest BCUT2D eigenvalue weighted by Crippen LogP contribution is -2.39. The maximum Gasteiger partial charge on any atom is 0.321 e. The zero-order valence-corrected chi connectivity index (χ0v) is 17.3. The van der Waals surface area contributed by atoms with E-state index in [9.17, 15) is 4.79 Å². The summed E-state index contributed by atoms with van der Waals surface area (Å²) in [5.74, 6) is 1.45. The molecule has 3 rings (SSSR count). The van der Waals surface area contributed by atoms with Gasteiger partial charge in [0.2, 0.25) is 11.8 Å². The first kappa shape index (κ1) is 20.8. The first-order valence-electron chi connectivity index (χ1n) is 10.0. The van der Waals surface area contributed by atoms with Gasteiger partial charge in [-0.15, -0.1) is 0 Å². The summed E-state index contributed by atoms with van der Waals surface area (Å²) in [6.45, 7) is 3.37. The van der Waals surface area contributed by atoms with E-state index < -0.39 is 0 Å². The fourth-order valence-electron chi connectivity index (χ4n) is 3.68. The van der Waals surface area contributed by atoms with Crippen molar-refractivity contribution in [3.8, 4) is 11.9 Å². The van der Waals surface area contributed by atoms with Crippen molar-refractivity contribution in [3.63, 3.8) is 0 Å². The van der Waals surface area contributed by atoms with E-state index in [2.05, 4.69) is 20.3 Å². The molecule has 0 aromatic carbocycles. The highest BCUT2D eigenvalue weighted by Gasteiger charge is 2.29. The van der Waals surface area contributed by atoms with Gasteiger partial charge >= 0.3 is 6.01 Å². The molecule has 0 saturated heterocycles. The molecule has 1 N–H and O–H groups in total. The molecular weight excluding hydrogens is 370 g/mol. The predicted octanol–water partition coefficient (Wildman–Crippen LogP) is 2.91. The van der Waals surface area contributed by atoms with Gasteiger partial charge in [-0.05, 0) is 50.3 Å². The number of aromatic nitrogens is 3. The van der Waals surface area contributed by atoms with Crippen molar-refractivity contribution in [1.82, 2.24) is 19.9 Å². The second-order valence-electron chi connectivity index (χ2n) is 7.18. The molecule has 2 aromatic rings. The van der Waals surface area contributed by atoms with Gasteiger partial charge in [-0.2, -0.15) is 9.97 Å². The minimum Gasteiger partial charge on any atom is -0.481 e. The highest BCUT2D eigenvalue weighted by atomic mass is 16.5. The summed E-state index contributed by atoms with van der Waals surface area (Å²) < 4.78 is 10.3. The molecular formula is C21H29N5O3. The Morgan fingerprint density at radius 1 is 1.14 bits per heavy atom. The monoisotopic (exact) mass is 399 g/mol. The lowest BCUT2D eigenvalue weighted by molar-refractivity contribution is -0.137. The minimum atomic E-state index is 0.0734. The second-order valence-corrected chi connectivity index (χ2v) is 7.18. The average molecular weight is 399 g/mol. The lowest BCUT2D eigenvalue weighted by Gasteiger charge is -2.32. The van der Waals surface area contributed by atoms with E-state index in [0.29, 0.717) is 24.8 Å². The number of ether oxygens (including phenoxy) is 2. The molecule has 0 bridgehead atoms. The van der Waals surface area contributed by atoms with Crippen LogP contribution in [-0.2, 0) is 11.3 Å². The Balaban J connectivity index is 1.55. The highest BCUT2D eigenvalue weighted by molar-refractivity contribution is 5.79. The van der Waals surface area contributed by atoms with E-state index in [-0.39, 0.29) is 23.9 Å². The molecule has 1 aliphatic rings. The first-order chi connectivity index (χ1) is 14.1. The molecule has 0 unspecified atom stereocenters. The van der Waals surface area contributed by atoms with E-state index in [0.717, 1.165) is 31.2 Å². The number of amides is 1. The Morgan fingerprint density at radius 2 is 1.86 bits per heavy atom. The number of nitrogens with one attached hydrogen (secondary N) is 1. The van der Waals surface area contributed by atoms with Crippen molar-refractivity contribution >= 4 is 11.7 Å². The van der Waals surface area contributed by atoms with Gasteiger partial charge in [0.1, 0.15) is 5.82 Å². The van der Waals surface area contributed by atoms with Crippen LogP contribution in [0.25, 0.3) is 0 Å². The third-order valence-corrected chi connectivity index (χ3v) is 5.32. The number of carbonyl (C=O) groups excluding carboxylic acids is 1. The zero-order chi connectivity index (χ0) is 20.6. The summed E-state index contributed by atoms with van der Waals surface area (Å²) in [5.41, 5.74) is 1.11. The van der Waals surface area contributed by atoms with Crippen molar-refractivity contribution in [1.29, 1.82) is 0 Å². The van der Waals surface area contributed by atoms with Crippen LogP contribution >= 0.6 is 0 Å². The third kappa shape index (κ3) is 5.56. The largest absolute Gasteiger partial charge is 0.481 e. The molecule has 0 aliphatic heterocycles. The fourth-order valence-corrected chi connectivity index (χ4v) is 3.68. The smallest absolute Gasteiger partial charge is 0.321 e. The van der Waals surface area contributed by atoms with Crippen molar-refractivity contribution in [2.75, 3.05) is 26.1 Å². The molecule has 0 radical (unpaired) electrons. The standard InChI is InChI=1S/C21H29N5O3/c1-4-26(14-15-9-11-22-12-10-15)20(27)16-5-7-17(8-6-16)23-18-13-19(28-2)25-21(24-18)29-3/h9-13,16-17H,4-8,14H2,1-3H3,(H,23,24,25). The quantitative estimate of drug-likeness (QED) is 0.730. The number of pyridine rings is 1. The Kier molecular flexibility index (Phi) is 7.21. The minimum absolute atomic E-state index is 0.0734. The predicted molar refractivity (Wildman–Crippen MR) is 110 cm³/mol. The molecule has 0 spiro atoms. The SMILES string of the molecule is CCN(Cc1ccncc1)C(=O)C1CCC(Nc2cc(OC)nc(OC)n2)CC1. The number of methoxy groups -OCH3 is 2. The number of carbonyl (C=O) groups is 1. The molecule has 0 atom stereocenters. The molecule has 2 heterocycles. The van der Waals surface area contributed by atoms with Gasteiger partial charge in [0.05, 0.1) is 14.2 Å². The van der Waals surface area contributed by atoms with Crippen LogP contribution in [0.5, 0.6) is 11.9 Å². The Labute approximate surface area is 171 Å². The van der Waals surface area contributed by atoms with Gasteiger partial charge in [0.25, 0.3) is 0 Å². The van der Waals surface area contributed by atoms with Crippen molar-refractivity contribution < 1.29 is 14.3 Å². The van der Waals surface area contributed by atoms with Crippen LogP contribution < -0.4 is 14.8 Å². The van der Waals surface area contributed by atoms with E-state index in [1.54, 1.807) is 25.6 Å². The van der Waals surface area contributed by atoms with Crippen LogP contribution in [0, 0.1) is 5.92 Å². The van der Waals surface area contributed by atoms with E-state index in [4.69, 9.17) is 9.47 Å². The van der Waals surface area contributed by atoms with Crippen LogP contribution in [0.1, 0.15) is 38.2 Å². The van der Waals surface area contributed by atoms with E-state index in [1.807, 2.05) is 24.0 Å². The van der Waals surface area contributed by atoms with E-state index >= 15 is 0 Å². The summed E-state index contributed by atoms with van der Waals surface area (Å²) in [6, 6.07) is 6.21. The maximum atomic E-state index is 13.0. The Bertz CT molecular complexity index is 772. The van der Waals surface area contributed by atoms with Gasteiger partial charge in [-0.25, -0.2) is 0 Å². The normalized spacial score (nSPS) is 18.7. The van der Waals surface area contributed by atoms with E-state index in [1.165, 1.54) is 7.11 Å². The van der Waals surface area contributed by atoms with Crippen molar-refractivity contribution in [3.05, 3.63) is 36.2 Å². The summed E-state index contributed by atoms with van der Waals surface area (Å²) in [5, 5.41) is 3.43. The Hall–Kier alpha value is -2.90. The summed E-state index contributed by atoms with van der Waals surface area (Å²) in [4.78, 5) is 27.4. The first-order valence-corrected chi connectivity index (χ1v) is 10.0. The Morgan fingerprint density at radius 3 is 2.48 bits per heavy atom. The van der Waals surface area contributed by atoms with Gasteiger partial charge in [-0.1, -0.05) is 0 Å². The van der Waals surface area contributed by atoms with Crippen LogP contribution in [0.2, 0.25) is 0 Å². The number of nitrogens with zero attached hydrogens (tertiary/aromatic N) is 4. The number of rotatable bonds is 8. The molecule has 29 heavy (non-hydrogen) atoms. The number of hydrogen-bond donors (Lipinski definition) is 1. The van der Waals surface area contributed by atoms with Gasteiger partial charge in [0, 0.05) is 43.5 Å². The summed E-state index contributed by atoms with van der Waals surface area (Å²) >= 11 is 0. The lowest BCUT2D eigenvalue weighted by atomic mass is 9.85. The third-order valence-electron chi connectivity index (χ3n) is 5.32. The molecule has 1 aliphatic carbocycles. The maximum absolute atomic E-state index is 13.0. The summed E-state index contributed by atoms with van der Waals surface area (Å²) in [6.07, 6.45) is 7.09. The fraction of sp³-hybridized carbons (Fsp3) is 0.524. The van der Waals surface area contributed by atoms with Gasteiger partial charge < -0.3 is 19.7 Å².